The first-order valence-corrected chi connectivity index (χ1v) is 12.5. The molecule has 0 fully saturated rings. The van der Waals surface area contributed by atoms with E-state index in [1.807, 2.05) is 36.4 Å². The summed E-state index contributed by atoms with van der Waals surface area (Å²) in [5.41, 5.74) is 1.16. The molecule has 0 radical (unpaired) electrons. The van der Waals surface area contributed by atoms with Gasteiger partial charge in [-0.05, 0) is 66.1 Å². The zero-order chi connectivity index (χ0) is 27.1. The number of hydrogen-bond donors (Lipinski definition) is 2. The highest BCUT2D eigenvalue weighted by Gasteiger charge is 2.18. The molecule has 3 aromatic carbocycles. The van der Waals surface area contributed by atoms with Crippen LogP contribution in [0.5, 0.6) is 17.4 Å². The lowest BCUT2D eigenvalue weighted by atomic mass is 10.1. The minimum atomic E-state index is -0.542. The van der Waals surface area contributed by atoms with Crippen LogP contribution in [0, 0.1) is 0 Å². The number of benzene rings is 3. The third-order valence-corrected chi connectivity index (χ3v) is 6.14. The lowest BCUT2D eigenvalue weighted by Gasteiger charge is -2.16. The molecule has 1 amide bonds. The number of pyridine rings is 1. The van der Waals surface area contributed by atoms with E-state index in [0.29, 0.717) is 17.0 Å². The van der Waals surface area contributed by atoms with Gasteiger partial charge >= 0.3 is 11.8 Å². The topological polar surface area (TPSA) is 98.0 Å². The van der Waals surface area contributed by atoms with Crippen molar-refractivity contribution in [1.29, 1.82) is 0 Å². The molecule has 0 aliphatic carbocycles. The maximum absolute atomic E-state index is 12.6. The molecule has 38 heavy (non-hydrogen) atoms. The standard InChI is InChI=1S/C30H30N2O6/c1-4-23(5-2)37-24-13-11-22-18-25(14-12-21(22)17-24)38-29-15-10-20(19-32(29)35)16-28(33)31-27-9-7-6-8-26(27)30(34)36-3/h6-15,17-19,23H,4-5,16H2,1-3H3,(H-,31,33,34,35)/p+1. The molecule has 0 unspecified atom stereocenters. The van der Waals surface area contributed by atoms with Crippen molar-refractivity contribution in [1.82, 2.24) is 0 Å². The van der Waals surface area contributed by atoms with Crippen molar-refractivity contribution in [3.63, 3.8) is 0 Å². The second kappa shape index (κ2) is 12.1. The number of nitrogens with one attached hydrogen (secondary N) is 1. The van der Waals surface area contributed by atoms with E-state index in [1.54, 1.807) is 36.4 Å². The number of nitrogens with zero attached hydrogens (tertiary/aromatic N) is 1. The number of carbonyl (C=O) groups is 2. The van der Waals surface area contributed by atoms with Gasteiger partial charge in [-0.15, -0.1) is 0 Å². The summed E-state index contributed by atoms with van der Waals surface area (Å²) in [6.07, 6.45) is 3.49. The fourth-order valence-corrected chi connectivity index (χ4v) is 4.07. The minimum absolute atomic E-state index is 0.0202. The quantitative estimate of drug-likeness (QED) is 0.160. The molecule has 0 atom stereocenters. The summed E-state index contributed by atoms with van der Waals surface area (Å²) in [6, 6.07) is 21.4. The zero-order valence-corrected chi connectivity index (χ0v) is 21.6. The Morgan fingerprint density at radius 2 is 1.61 bits per heavy atom. The third-order valence-electron chi connectivity index (χ3n) is 6.14. The van der Waals surface area contributed by atoms with Crippen LogP contribution in [-0.4, -0.2) is 30.3 Å². The number of esters is 1. The number of anilines is 1. The van der Waals surface area contributed by atoms with Crippen LogP contribution in [0.25, 0.3) is 10.8 Å². The Morgan fingerprint density at radius 3 is 2.29 bits per heavy atom. The van der Waals surface area contributed by atoms with Crippen molar-refractivity contribution in [3.05, 3.63) is 90.1 Å². The summed E-state index contributed by atoms with van der Waals surface area (Å²) < 4.78 is 17.5. The van der Waals surface area contributed by atoms with Gasteiger partial charge in [0.25, 0.3) is 0 Å². The summed E-state index contributed by atoms with van der Waals surface area (Å²) in [7, 11) is 1.28. The van der Waals surface area contributed by atoms with Crippen LogP contribution in [-0.2, 0) is 16.0 Å². The van der Waals surface area contributed by atoms with Crippen molar-refractivity contribution in [2.24, 2.45) is 0 Å². The number of hydrogen-bond acceptors (Lipinski definition) is 6. The van der Waals surface area contributed by atoms with Crippen molar-refractivity contribution in [2.45, 2.75) is 39.2 Å². The number of aromatic nitrogens is 1. The van der Waals surface area contributed by atoms with E-state index in [-0.39, 0.29) is 29.9 Å². The van der Waals surface area contributed by atoms with Gasteiger partial charge in [0.1, 0.15) is 11.5 Å². The van der Waals surface area contributed by atoms with E-state index < -0.39 is 5.97 Å². The van der Waals surface area contributed by atoms with Gasteiger partial charge in [0, 0.05) is 10.3 Å². The van der Waals surface area contributed by atoms with Gasteiger partial charge in [0.15, 0.2) is 0 Å². The molecular formula is C30H31N2O6+. The van der Waals surface area contributed by atoms with E-state index >= 15 is 0 Å². The summed E-state index contributed by atoms with van der Waals surface area (Å²) in [5, 5.41) is 15.2. The maximum atomic E-state index is 12.6. The number of carbonyl (C=O) groups excluding carboxylic acids is 2. The lowest BCUT2D eigenvalue weighted by molar-refractivity contribution is -0.906. The average molecular weight is 516 g/mol. The molecule has 1 heterocycles. The Bertz CT molecular complexity index is 1450. The molecular weight excluding hydrogens is 484 g/mol. The number of fused-ring (bicyclic) bond motifs is 1. The monoisotopic (exact) mass is 515 g/mol. The number of para-hydroxylation sites is 1. The molecule has 0 spiro atoms. The van der Waals surface area contributed by atoms with E-state index in [9.17, 15) is 14.8 Å². The predicted molar refractivity (Wildman–Crippen MR) is 143 cm³/mol. The Hall–Kier alpha value is -4.59. The van der Waals surface area contributed by atoms with Crippen LogP contribution < -0.4 is 19.5 Å². The molecule has 0 bridgehead atoms. The van der Waals surface area contributed by atoms with Crippen LogP contribution in [0.2, 0.25) is 0 Å². The van der Waals surface area contributed by atoms with E-state index in [2.05, 4.69) is 19.2 Å². The van der Waals surface area contributed by atoms with Crippen molar-refractivity contribution >= 4 is 28.3 Å². The molecule has 1 aromatic heterocycles. The van der Waals surface area contributed by atoms with Crippen LogP contribution >= 0.6 is 0 Å². The normalized spacial score (nSPS) is 10.8. The fraction of sp³-hybridized carbons (Fsp3) is 0.233. The molecule has 2 N–H and O–H groups in total. The largest absolute Gasteiger partial charge is 0.490 e. The van der Waals surface area contributed by atoms with Gasteiger partial charge in [-0.2, -0.15) is 0 Å². The summed E-state index contributed by atoms with van der Waals surface area (Å²) in [5.74, 6) is 0.690. The fourth-order valence-electron chi connectivity index (χ4n) is 4.07. The Morgan fingerprint density at radius 1 is 0.921 bits per heavy atom. The van der Waals surface area contributed by atoms with Crippen molar-refractivity contribution < 1.29 is 33.7 Å². The molecule has 8 heteroatoms. The highest BCUT2D eigenvalue weighted by Crippen LogP contribution is 2.28. The number of methoxy groups -OCH3 is 1. The van der Waals surface area contributed by atoms with Crippen LogP contribution in [0.3, 0.4) is 0 Å². The van der Waals surface area contributed by atoms with E-state index in [0.717, 1.165) is 34.1 Å². The van der Waals surface area contributed by atoms with Gasteiger partial charge < -0.3 is 19.5 Å². The third kappa shape index (κ3) is 6.39. The lowest BCUT2D eigenvalue weighted by Crippen LogP contribution is -2.32. The van der Waals surface area contributed by atoms with Gasteiger partial charge in [-0.25, -0.2) is 4.79 Å². The molecule has 4 aromatic rings. The highest BCUT2D eigenvalue weighted by atomic mass is 16.6. The van der Waals surface area contributed by atoms with Gasteiger partial charge in [-0.3, -0.25) is 10.0 Å². The van der Waals surface area contributed by atoms with Crippen LogP contribution in [0.4, 0.5) is 5.69 Å². The van der Waals surface area contributed by atoms with Gasteiger partial charge in [0.2, 0.25) is 12.1 Å². The smallest absolute Gasteiger partial charge is 0.422 e. The Kier molecular flexibility index (Phi) is 8.43. The molecule has 0 saturated carbocycles. The number of ether oxygens (including phenoxy) is 3. The number of rotatable bonds is 10. The minimum Gasteiger partial charge on any atom is -0.490 e. The SMILES string of the molecule is CCC(CC)Oc1ccc2cc(Oc3ccc(CC(=O)Nc4ccccc4C(=O)OC)c[n+]3O)ccc2c1. The molecule has 8 nitrogen and oxygen atoms in total. The Balaban J connectivity index is 1.42. The highest BCUT2D eigenvalue weighted by molar-refractivity contribution is 6.01. The van der Waals surface area contributed by atoms with E-state index in [1.165, 1.54) is 13.3 Å². The zero-order valence-electron chi connectivity index (χ0n) is 21.6. The average Bonchev–Trinajstić information content (AvgIpc) is 2.93. The van der Waals surface area contributed by atoms with Crippen LogP contribution in [0.15, 0.2) is 79.0 Å². The summed E-state index contributed by atoms with van der Waals surface area (Å²) >= 11 is 0. The molecule has 196 valence electrons. The first kappa shape index (κ1) is 26.5. The summed E-state index contributed by atoms with van der Waals surface area (Å²) in [6.45, 7) is 4.22. The first-order chi connectivity index (χ1) is 18.4. The van der Waals surface area contributed by atoms with Crippen molar-refractivity contribution in [2.75, 3.05) is 12.4 Å². The Labute approximate surface area is 221 Å². The van der Waals surface area contributed by atoms with Gasteiger partial charge in [0.05, 0.1) is 37.0 Å². The second-order valence-corrected chi connectivity index (χ2v) is 8.81. The molecule has 0 aliphatic heterocycles. The van der Waals surface area contributed by atoms with Crippen molar-refractivity contribution in [3.8, 4) is 17.4 Å². The summed E-state index contributed by atoms with van der Waals surface area (Å²) in [4.78, 5) is 24.5. The van der Waals surface area contributed by atoms with Crippen LogP contribution in [0.1, 0.15) is 42.6 Å². The predicted octanol–water partition coefficient (Wildman–Crippen LogP) is 5.69. The number of amides is 1. The maximum Gasteiger partial charge on any atom is 0.422 e. The van der Waals surface area contributed by atoms with Gasteiger partial charge in [-0.1, -0.05) is 38.1 Å². The second-order valence-electron chi connectivity index (χ2n) is 8.81. The molecule has 0 saturated heterocycles. The molecule has 4 rings (SSSR count). The first-order valence-electron chi connectivity index (χ1n) is 12.5. The molecule has 0 aliphatic rings. The van der Waals surface area contributed by atoms with E-state index in [4.69, 9.17) is 14.2 Å².